The van der Waals surface area contributed by atoms with Crippen LogP contribution in [0.25, 0.3) is 0 Å². The molecule has 8 heteroatoms. The molecule has 0 saturated heterocycles. The number of hydrogen-bond donors (Lipinski definition) is 2. The van der Waals surface area contributed by atoms with E-state index in [0.29, 0.717) is 6.42 Å². The number of carbonyl (C=O) groups is 1. The molecular weight excluding hydrogens is 348 g/mol. The number of halogens is 1. The molecule has 0 saturated carbocycles. The fourth-order valence-corrected chi connectivity index (χ4v) is 3.25. The third kappa shape index (κ3) is 3.16. The lowest BCUT2D eigenvalue weighted by Gasteiger charge is -2.19. The number of aliphatic hydroxyl groups is 1. The molecule has 2 aromatic carbocycles. The van der Waals surface area contributed by atoms with Crippen LogP contribution in [0.5, 0.6) is 0 Å². The van der Waals surface area contributed by atoms with Crippen molar-refractivity contribution in [2.75, 3.05) is 12.4 Å². The Hall–Kier alpha value is -2.64. The fraction of sp³-hybridized carbons (Fsp3) is 0.235. The minimum Gasteiger partial charge on any atom is -0.465 e. The average molecular weight is 363 g/mol. The number of rotatable bonds is 4. The van der Waals surface area contributed by atoms with Crippen LogP contribution in [0.1, 0.15) is 27.5 Å². The number of benzene rings is 2. The van der Waals surface area contributed by atoms with Crippen molar-refractivity contribution in [3.05, 3.63) is 68.2 Å². The van der Waals surface area contributed by atoms with E-state index < -0.39 is 23.0 Å². The van der Waals surface area contributed by atoms with E-state index in [0.717, 1.165) is 17.2 Å². The van der Waals surface area contributed by atoms with Crippen LogP contribution < -0.4 is 5.32 Å². The zero-order chi connectivity index (χ0) is 18.1. The zero-order valence-electron chi connectivity index (χ0n) is 13.2. The van der Waals surface area contributed by atoms with Crippen LogP contribution >= 0.6 is 11.6 Å². The Balaban J connectivity index is 2.01. The predicted molar refractivity (Wildman–Crippen MR) is 92.0 cm³/mol. The molecule has 0 amide bonds. The van der Waals surface area contributed by atoms with Crippen molar-refractivity contribution in [2.45, 2.75) is 18.6 Å². The van der Waals surface area contributed by atoms with Crippen molar-refractivity contribution in [3.8, 4) is 0 Å². The highest BCUT2D eigenvalue weighted by atomic mass is 35.5. The van der Waals surface area contributed by atoms with Crippen LogP contribution in [0.3, 0.4) is 0 Å². The van der Waals surface area contributed by atoms with Gasteiger partial charge in [-0.05, 0) is 17.2 Å². The number of fused-ring (bicyclic) bond motifs is 1. The molecule has 2 N–H and O–H groups in total. The molecule has 7 nitrogen and oxygen atoms in total. The number of nitrogens with zero attached hydrogens (tertiary/aromatic N) is 1. The van der Waals surface area contributed by atoms with E-state index in [-0.39, 0.29) is 22.0 Å². The highest BCUT2D eigenvalue weighted by Gasteiger charge is 2.33. The van der Waals surface area contributed by atoms with Crippen LogP contribution in [0.4, 0.5) is 11.4 Å². The molecule has 0 aromatic heterocycles. The lowest BCUT2D eigenvalue weighted by Crippen LogP contribution is -2.21. The lowest BCUT2D eigenvalue weighted by atomic mass is 10.1. The average Bonchev–Trinajstić information content (AvgIpc) is 2.90. The summed E-state index contributed by atoms with van der Waals surface area (Å²) in [7, 11) is 1.17. The van der Waals surface area contributed by atoms with Crippen LogP contribution in [0.2, 0.25) is 5.02 Å². The van der Waals surface area contributed by atoms with Gasteiger partial charge in [-0.25, -0.2) is 4.79 Å². The lowest BCUT2D eigenvalue weighted by molar-refractivity contribution is -0.384. The monoisotopic (exact) mass is 362 g/mol. The second-order valence-corrected chi connectivity index (χ2v) is 6.10. The largest absolute Gasteiger partial charge is 0.465 e. The molecule has 25 heavy (non-hydrogen) atoms. The first-order valence-corrected chi connectivity index (χ1v) is 7.88. The minimum atomic E-state index is -0.758. The molecule has 0 aliphatic heterocycles. The van der Waals surface area contributed by atoms with Crippen molar-refractivity contribution < 1.29 is 19.6 Å². The Morgan fingerprint density at radius 3 is 2.80 bits per heavy atom. The normalized spacial score (nSPS) is 18.5. The van der Waals surface area contributed by atoms with E-state index in [1.54, 1.807) is 0 Å². The maximum Gasteiger partial charge on any atom is 0.339 e. The van der Waals surface area contributed by atoms with E-state index in [9.17, 15) is 20.0 Å². The van der Waals surface area contributed by atoms with Crippen molar-refractivity contribution >= 4 is 28.9 Å². The molecule has 1 aliphatic rings. The molecule has 0 unspecified atom stereocenters. The first-order valence-electron chi connectivity index (χ1n) is 7.51. The number of esters is 1. The smallest absolute Gasteiger partial charge is 0.339 e. The standard InChI is InChI=1S/C17H15ClN2O5/c1-25-17(22)11-7-14(20(23)24)13(8-12(11)18)19-16-10-5-3-2-4-9(10)6-15(16)21/h2-5,7-8,15-16,19,21H,6H2,1H3/t15-,16+/m1/s1. The van der Waals surface area contributed by atoms with Crippen LogP contribution in [-0.4, -0.2) is 29.2 Å². The maximum absolute atomic E-state index is 11.7. The topological polar surface area (TPSA) is 102 Å². The van der Waals surface area contributed by atoms with Crippen molar-refractivity contribution in [2.24, 2.45) is 0 Å². The van der Waals surface area contributed by atoms with E-state index in [1.165, 1.54) is 13.2 Å². The summed E-state index contributed by atoms with van der Waals surface area (Å²) in [6.45, 7) is 0. The summed E-state index contributed by atoms with van der Waals surface area (Å²) < 4.78 is 4.58. The minimum absolute atomic E-state index is 0.0284. The molecular formula is C17H15ClN2O5. The van der Waals surface area contributed by atoms with Crippen LogP contribution in [-0.2, 0) is 11.2 Å². The Kier molecular flexibility index (Phi) is 4.61. The summed E-state index contributed by atoms with van der Waals surface area (Å²) in [5.41, 5.74) is 1.57. The van der Waals surface area contributed by atoms with E-state index in [4.69, 9.17) is 11.6 Å². The molecule has 2 atom stereocenters. The summed E-state index contributed by atoms with van der Waals surface area (Å²) in [4.78, 5) is 22.5. The van der Waals surface area contributed by atoms with Crippen molar-refractivity contribution in [1.82, 2.24) is 0 Å². The highest BCUT2D eigenvalue weighted by molar-refractivity contribution is 6.34. The third-order valence-electron chi connectivity index (χ3n) is 4.20. The van der Waals surface area contributed by atoms with Gasteiger partial charge in [-0.3, -0.25) is 10.1 Å². The van der Waals surface area contributed by atoms with Gasteiger partial charge in [-0.2, -0.15) is 0 Å². The Labute approximate surface area is 148 Å². The summed E-state index contributed by atoms with van der Waals surface area (Å²) in [5.74, 6) is -0.758. The number of nitrogens with one attached hydrogen (secondary N) is 1. The van der Waals surface area contributed by atoms with Gasteiger partial charge in [0.2, 0.25) is 0 Å². The second-order valence-electron chi connectivity index (χ2n) is 5.69. The van der Waals surface area contributed by atoms with Crippen molar-refractivity contribution in [1.29, 1.82) is 0 Å². The van der Waals surface area contributed by atoms with Gasteiger partial charge in [0.25, 0.3) is 5.69 Å². The number of nitro benzene ring substituents is 1. The van der Waals surface area contributed by atoms with Crippen LogP contribution in [0.15, 0.2) is 36.4 Å². The molecule has 3 rings (SSSR count). The number of anilines is 1. The van der Waals surface area contributed by atoms with Gasteiger partial charge in [0, 0.05) is 12.5 Å². The Morgan fingerprint density at radius 2 is 2.12 bits per heavy atom. The fourth-order valence-electron chi connectivity index (χ4n) is 3.01. The molecule has 0 fully saturated rings. The number of methoxy groups -OCH3 is 1. The number of hydrogen-bond acceptors (Lipinski definition) is 6. The number of ether oxygens (including phenoxy) is 1. The molecule has 0 spiro atoms. The Bertz CT molecular complexity index is 855. The van der Waals surface area contributed by atoms with E-state index >= 15 is 0 Å². The molecule has 2 aromatic rings. The number of nitro groups is 1. The quantitative estimate of drug-likeness (QED) is 0.492. The zero-order valence-corrected chi connectivity index (χ0v) is 14.0. The van der Waals surface area contributed by atoms with Gasteiger partial charge in [-0.1, -0.05) is 35.9 Å². The molecule has 0 heterocycles. The van der Waals surface area contributed by atoms with Gasteiger partial charge in [0.15, 0.2) is 0 Å². The first kappa shape index (κ1) is 17.2. The van der Waals surface area contributed by atoms with E-state index in [2.05, 4.69) is 10.1 Å². The van der Waals surface area contributed by atoms with Gasteiger partial charge in [-0.15, -0.1) is 0 Å². The van der Waals surface area contributed by atoms with Gasteiger partial charge in [0.1, 0.15) is 5.69 Å². The van der Waals surface area contributed by atoms with Crippen LogP contribution in [0, 0.1) is 10.1 Å². The Morgan fingerprint density at radius 1 is 1.40 bits per heavy atom. The second kappa shape index (κ2) is 6.70. The third-order valence-corrected chi connectivity index (χ3v) is 4.52. The molecule has 0 radical (unpaired) electrons. The van der Waals surface area contributed by atoms with E-state index in [1.807, 2.05) is 24.3 Å². The number of carbonyl (C=O) groups excluding carboxylic acids is 1. The summed E-state index contributed by atoms with van der Waals surface area (Å²) in [6, 6.07) is 9.35. The summed E-state index contributed by atoms with van der Waals surface area (Å²) in [5, 5.41) is 24.7. The highest BCUT2D eigenvalue weighted by Crippen LogP contribution is 2.38. The summed E-state index contributed by atoms with van der Waals surface area (Å²) in [6.07, 6.45) is -0.272. The van der Waals surface area contributed by atoms with Gasteiger partial charge >= 0.3 is 5.97 Å². The molecule has 0 bridgehead atoms. The molecule has 1 aliphatic carbocycles. The van der Waals surface area contributed by atoms with Crippen molar-refractivity contribution in [3.63, 3.8) is 0 Å². The maximum atomic E-state index is 11.7. The van der Waals surface area contributed by atoms with Gasteiger partial charge in [0.05, 0.1) is 34.8 Å². The van der Waals surface area contributed by atoms with Gasteiger partial charge < -0.3 is 15.2 Å². The first-order chi connectivity index (χ1) is 11.9. The SMILES string of the molecule is COC(=O)c1cc([N+](=O)[O-])c(N[C@H]2c3ccccc3C[C@H]2O)cc1Cl. The summed E-state index contributed by atoms with van der Waals surface area (Å²) >= 11 is 6.08. The predicted octanol–water partition coefficient (Wildman–Crippen LogP) is 3.11. The molecule has 130 valence electrons. The number of aliphatic hydroxyl groups excluding tert-OH is 1.